The van der Waals surface area contributed by atoms with E-state index in [0.717, 1.165) is 31.5 Å². The van der Waals surface area contributed by atoms with E-state index in [1.807, 2.05) is 4.90 Å². The smallest absolute Gasteiger partial charge is 0.236 e. The minimum absolute atomic E-state index is 0.212. The van der Waals surface area contributed by atoms with Gasteiger partial charge in [0.1, 0.15) is 5.82 Å². The average molecular weight is 334 g/mol. The van der Waals surface area contributed by atoms with Crippen LogP contribution in [0.2, 0.25) is 0 Å². The van der Waals surface area contributed by atoms with E-state index >= 15 is 0 Å². The van der Waals surface area contributed by atoms with Crippen LogP contribution in [0.4, 0.5) is 4.39 Å². The molecule has 2 aliphatic heterocycles. The second-order valence-corrected chi connectivity index (χ2v) is 7.11. The van der Waals surface area contributed by atoms with Crippen LogP contribution in [-0.4, -0.2) is 53.5 Å². The van der Waals surface area contributed by atoms with Crippen LogP contribution >= 0.6 is 0 Å². The fraction of sp³-hybridized carbons (Fsp3) is 0.632. The molecule has 132 valence electrons. The van der Waals surface area contributed by atoms with Crippen LogP contribution in [0.15, 0.2) is 24.3 Å². The Morgan fingerprint density at radius 1 is 1.00 bits per heavy atom. The third-order valence-electron chi connectivity index (χ3n) is 5.38. The minimum Gasteiger partial charge on any atom is -0.385 e. The zero-order chi connectivity index (χ0) is 17.0. The number of likely N-dealkylation sites (tertiary alicyclic amines) is 2. The number of benzene rings is 1. The third kappa shape index (κ3) is 4.14. The first kappa shape index (κ1) is 17.4. The molecular weight excluding hydrogens is 307 g/mol. The quantitative estimate of drug-likeness (QED) is 0.924. The Kier molecular flexibility index (Phi) is 5.51. The van der Waals surface area contributed by atoms with E-state index in [4.69, 9.17) is 0 Å². The molecule has 0 aromatic heterocycles. The van der Waals surface area contributed by atoms with Gasteiger partial charge >= 0.3 is 0 Å². The van der Waals surface area contributed by atoms with Gasteiger partial charge in [-0.15, -0.1) is 0 Å². The molecule has 0 unspecified atom stereocenters. The lowest BCUT2D eigenvalue weighted by molar-refractivity contribution is -0.133. The molecule has 24 heavy (non-hydrogen) atoms. The highest BCUT2D eigenvalue weighted by Crippen LogP contribution is 2.32. The zero-order valence-electron chi connectivity index (χ0n) is 14.2. The highest BCUT2D eigenvalue weighted by Gasteiger charge is 2.34. The van der Waals surface area contributed by atoms with Gasteiger partial charge in [-0.2, -0.15) is 0 Å². The molecule has 0 bridgehead atoms. The van der Waals surface area contributed by atoms with Gasteiger partial charge < -0.3 is 10.0 Å². The highest BCUT2D eigenvalue weighted by molar-refractivity contribution is 5.78. The van der Waals surface area contributed by atoms with E-state index in [2.05, 4.69) is 4.90 Å². The predicted octanol–water partition coefficient (Wildman–Crippen LogP) is 2.51. The fourth-order valence-corrected chi connectivity index (χ4v) is 3.74. The number of hydrogen-bond donors (Lipinski definition) is 1. The molecule has 3 rings (SSSR count). The monoisotopic (exact) mass is 334 g/mol. The summed E-state index contributed by atoms with van der Waals surface area (Å²) < 4.78 is 13.1. The van der Waals surface area contributed by atoms with Crippen molar-refractivity contribution in [1.82, 2.24) is 9.80 Å². The lowest BCUT2D eigenvalue weighted by Crippen LogP contribution is -2.47. The van der Waals surface area contributed by atoms with Gasteiger partial charge in [0.2, 0.25) is 5.91 Å². The molecule has 5 heteroatoms. The molecule has 1 amide bonds. The van der Waals surface area contributed by atoms with Crippen LogP contribution in [0.3, 0.4) is 0 Å². The summed E-state index contributed by atoms with van der Waals surface area (Å²) in [7, 11) is 0. The van der Waals surface area contributed by atoms with Crippen molar-refractivity contribution >= 4 is 5.91 Å². The number of piperidine rings is 1. The Morgan fingerprint density at radius 2 is 1.58 bits per heavy atom. The number of rotatable bonds is 3. The predicted molar refractivity (Wildman–Crippen MR) is 91.0 cm³/mol. The lowest BCUT2D eigenvalue weighted by Gasteiger charge is -2.38. The SMILES string of the molecule is O=C(CN1CCC(O)(c2ccc(F)cc2)CC1)N1CCCCCC1. The molecule has 0 atom stereocenters. The van der Waals surface area contributed by atoms with Crippen molar-refractivity contribution in [1.29, 1.82) is 0 Å². The largest absolute Gasteiger partial charge is 0.385 e. The molecule has 2 aliphatic rings. The second kappa shape index (κ2) is 7.62. The summed E-state index contributed by atoms with van der Waals surface area (Å²) in [4.78, 5) is 16.6. The van der Waals surface area contributed by atoms with Crippen LogP contribution in [-0.2, 0) is 10.4 Å². The Balaban J connectivity index is 1.52. The van der Waals surface area contributed by atoms with Crippen molar-refractivity contribution in [3.8, 4) is 0 Å². The molecule has 0 radical (unpaired) electrons. The van der Waals surface area contributed by atoms with E-state index in [0.29, 0.717) is 32.5 Å². The number of amides is 1. The first-order valence-corrected chi connectivity index (χ1v) is 9.05. The first-order chi connectivity index (χ1) is 11.6. The van der Waals surface area contributed by atoms with Crippen LogP contribution in [0.1, 0.15) is 44.1 Å². The fourth-order valence-electron chi connectivity index (χ4n) is 3.74. The Labute approximate surface area is 143 Å². The molecule has 1 N–H and O–H groups in total. The third-order valence-corrected chi connectivity index (χ3v) is 5.38. The number of carbonyl (C=O) groups is 1. The minimum atomic E-state index is -0.907. The van der Waals surface area contributed by atoms with Gasteiger partial charge in [0.05, 0.1) is 12.1 Å². The van der Waals surface area contributed by atoms with E-state index in [1.54, 1.807) is 12.1 Å². The van der Waals surface area contributed by atoms with Crippen molar-refractivity contribution in [2.45, 2.75) is 44.1 Å². The van der Waals surface area contributed by atoms with Gasteiger partial charge in [-0.25, -0.2) is 4.39 Å². The molecule has 0 saturated carbocycles. The number of hydrogen-bond acceptors (Lipinski definition) is 3. The highest BCUT2D eigenvalue weighted by atomic mass is 19.1. The zero-order valence-corrected chi connectivity index (χ0v) is 14.2. The molecule has 2 fully saturated rings. The van der Waals surface area contributed by atoms with Crippen LogP contribution in [0.25, 0.3) is 0 Å². The van der Waals surface area contributed by atoms with Gasteiger partial charge in [0.15, 0.2) is 0 Å². The first-order valence-electron chi connectivity index (χ1n) is 9.05. The second-order valence-electron chi connectivity index (χ2n) is 7.11. The van der Waals surface area contributed by atoms with E-state index in [9.17, 15) is 14.3 Å². The van der Waals surface area contributed by atoms with Gasteiger partial charge in [0, 0.05) is 26.2 Å². The van der Waals surface area contributed by atoms with Crippen molar-refractivity contribution in [2.75, 3.05) is 32.7 Å². The number of nitrogens with zero attached hydrogens (tertiary/aromatic N) is 2. The average Bonchev–Trinajstić information content (AvgIpc) is 2.87. The normalized spacial score (nSPS) is 22.2. The Hall–Kier alpha value is -1.46. The van der Waals surface area contributed by atoms with E-state index in [1.165, 1.54) is 25.0 Å². The van der Waals surface area contributed by atoms with Crippen molar-refractivity contribution in [3.63, 3.8) is 0 Å². The standard InChI is InChI=1S/C19H27FN2O2/c20-17-7-5-16(6-8-17)19(24)9-13-21(14-10-19)15-18(23)22-11-3-1-2-4-12-22/h5-8,24H,1-4,9-15H2. The van der Waals surface area contributed by atoms with Crippen LogP contribution in [0.5, 0.6) is 0 Å². The summed E-state index contributed by atoms with van der Waals surface area (Å²) in [5.74, 6) is -0.0769. The maximum Gasteiger partial charge on any atom is 0.236 e. The Morgan fingerprint density at radius 3 is 2.17 bits per heavy atom. The number of aliphatic hydroxyl groups is 1. The summed E-state index contributed by atoms with van der Waals surface area (Å²) in [6.07, 6.45) is 5.81. The molecule has 1 aromatic rings. The van der Waals surface area contributed by atoms with Gasteiger partial charge in [-0.3, -0.25) is 9.69 Å². The summed E-state index contributed by atoms with van der Waals surface area (Å²) >= 11 is 0. The lowest BCUT2D eigenvalue weighted by atomic mass is 9.84. The molecule has 4 nitrogen and oxygen atoms in total. The van der Waals surface area contributed by atoms with Crippen molar-refractivity contribution in [2.24, 2.45) is 0 Å². The van der Waals surface area contributed by atoms with Crippen LogP contribution in [0, 0.1) is 5.82 Å². The summed E-state index contributed by atoms with van der Waals surface area (Å²) in [6, 6.07) is 6.10. The molecule has 2 heterocycles. The summed E-state index contributed by atoms with van der Waals surface area (Å²) in [5, 5.41) is 10.8. The number of carbonyl (C=O) groups excluding carboxylic acids is 1. The van der Waals surface area contributed by atoms with Crippen molar-refractivity contribution < 1.29 is 14.3 Å². The van der Waals surface area contributed by atoms with E-state index in [-0.39, 0.29) is 11.7 Å². The maximum absolute atomic E-state index is 13.1. The van der Waals surface area contributed by atoms with Gasteiger partial charge in [-0.1, -0.05) is 25.0 Å². The van der Waals surface area contributed by atoms with Crippen LogP contribution < -0.4 is 0 Å². The van der Waals surface area contributed by atoms with Crippen molar-refractivity contribution in [3.05, 3.63) is 35.6 Å². The summed E-state index contributed by atoms with van der Waals surface area (Å²) in [6.45, 7) is 3.58. The molecule has 0 aliphatic carbocycles. The van der Waals surface area contributed by atoms with Gasteiger partial charge in [-0.05, 0) is 43.4 Å². The van der Waals surface area contributed by atoms with E-state index < -0.39 is 5.60 Å². The molecule has 0 spiro atoms. The Bertz CT molecular complexity index is 545. The number of halogens is 1. The topological polar surface area (TPSA) is 43.8 Å². The molecular formula is C19H27FN2O2. The molecule has 1 aromatic carbocycles. The molecule has 2 saturated heterocycles. The van der Waals surface area contributed by atoms with Gasteiger partial charge in [0.25, 0.3) is 0 Å². The summed E-state index contributed by atoms with van der Waals surface area (Å²) in [5.41, 5.74) is -0.141. The maximum atomic E-state index is 13.1.